The number of benzene rings is 2. The molecule has 5 heterocycles. The minimum Gasteiger partial charge on any atom is -0.337 e. The van der Waals surface area contributed by atoms with Crippen LogP contribution in [0.25, 0.3) is 44.8 Å². The number of rotatable bonds is 8. The molecule has 8 rings (SSSR count). The van der Waals surface area contributed by atoms with E-state index in [1.807, 2.05) is 44.3 Å². The molecule has 1 atom stereocenters. The Kier molecular flexibility index (Phi) is 7.14. The molecule has 0 spiro atoms. The standard InChI is InChI=1S/C35H38FN7O3S/c1-21-14-26(43-11-3-13-47(43,45)46)7-8-27(21)29-9-6-24-16-32(42(33(24)38-29)19-22-4-5-22)34-39-30-17-28-23(15-31(30)40(34)2)10-12-41(35(28)44)20-25(37)18-36/h6-9,14-17,22,25H,3-5,10-13,18-20,37H2,1-2H3/t25-/m1/s1. The third-order valence-corrected chi connectivity index (χ3v) is 11.8. The minimum absolute atomic E-state index is 0.130. The summed E-state index contributed by atoms with van der Waals surface area (Å²) in [7, 11) is -1.24. The van der Waals surface area contributed by atoms with Crippen LogP contribution in [0.1, 0.15) is 40.7 Å². The Balaban J connectivity index is 1.19. The van der Waals surface area contributed by atoms with E-state index in [0.717, 1.165) is 62.5 Å². The third kappa shape index (κ3) is 5.18. The van der Waals surface area contributed by atoms with Gasteiger partial charge in [0.2, 0.25) is 10.0 Å². The smallest absolute Gasteiger partial charge is 0.254 e. The number of fused-ring (bicyclic) bond motifs is 3. The summed E-state index contributed by atoms with van der Waals surface area (Å²) >= 11 is 0. The number of anilines is 1. The van der Waals surface area contributed by atoms with E-state index in [0.29, 0.717) is 43.1 Å². The van der Waals surface area contributed by atoms with Crippen molar-refractivity contribution >= 4 is 43.7 Å². The van der Waals surface area contributed by atoms with Gasteiger partial charge in [0.25, 0.3) is 5.91 Å². The molecule has 1 saturated heterocycles. The second kappa shape index (κ2) is 11.2. The number of nitrogens with zero attached hydrogens (tertiary/aromatic N) is 6. The lowest BCUT2D eigenvalue weighted by Gasteiger charge is -2.30. The Morgan fingerprint density at radius 3 is 2.60 bits per heavy atom. The van der Waals surface area contributed by atoms with Crippen LogP contribution in [0.2, 0.25) is 0 Å². The monoisotopic (exact) mass is 655 g/mol. The maximum atomic E-state index is 13.3. The number of aromatic nitrogens is 4. The molecule has 12 heteroatoms. The maximum absolute atomic E-state index is 13.3. The Morgan fingerprint density at radius 2 is 1.87 bits per heavy atom. The number of carbonyl (C=O) groups is 1. The summed E-state index contributed by atoms with van der Waals surface area (Å²) in [4.78, 5) is 25.2. The molecular formula is C35H38FN7O3S. The summed E-state index contributed by atoms with van der Waals surface area (Å²) in [5.74, 6) is 1.45. The highest BCUT2D eigenvalue weighted by molar-refractivity contribution is 7.93. The summed E-state index contributed by atoms with van der Waals surface area (Å²) in [5.41, 5.74) is 14.4. The van der Waals surface area contributed by atoms with Gasteiger partial charge in [0.15, 0.2) is 5.82 Å². The molecule has 5 aromatic rings. The van der Waals surface area contributed by atoms with Gasteiger partial charge in [-0.25, -0.2) is 22.8 Å². The fourth-order valence-electron chi connectivity index (χ4n) is 7.18. The highest BCUT2D eigenvalue weighted by Crippen LogP contribution is 2.38. The summed E-state index contributed by atoms with van der Waals surface area (Å²) in [6.07, 6.45) is 3.68. The van der Waals surface area contributed by atoms with Gasteiger partial charge in [0.1, 0.15) is 12.3 Å². The number of imidazole rings is 1. The molecule has 1 aliphatic carbocycles. The van der Waals surface area contributed by atoms with Crippen molar-refractivity contribution in [1.29, 1.82) is 0 Å². The maximum Gasteiger partial charge on any atom is 0.254 e. The fourth-order valence-corrected chi connectivity index (χ4v) is 8.73. The molecule has 2 fully saturated rings. The predicted molar refractivity (Wildman–Crippen MR) is 182 cm³/mol. The van der Waals surface area contributed by atoms with Gasteiger partial charge in [-0.3, -0.25) is 9.10 Å². The highest BCUT2D eigenvalue weighted by Gasteiger charge is 2.30. The van der Waals surface area contributed by atoms with E-state index >= 15 is 0 Å². The van der Waals surface area contributed by atoms with Crippen molar-refractivity contribution in [3.63, 3.8) is 0 Å². The lowest BCUT2D eigenvalue weighted by Crippen LogP contribution is -2.45. The average molecular weight is 656 g/mol. The van der Waals surface area contributed by atoms with E-state index in [9.17, 15) is 17.6 Å². The molecule has 244 valence electrons. The molecule has 10 nitrogen and oxygen atoms in total. The van der Waals surface area contributed by atoms with Crippen molar-refractivity contribution in [1.82, 2.24) is 24.0 Å². The van der Waals surface area contributed by atoms with Crippen LogP contribution in [0.4, 0.5) is 10.1 Å². The van der Waals surface area contributed by atoms with E-state index in [1.54, 1.807) is 4.90 Å². The first-order valence-corrected chi connectivity index (χ1v) is 17.9. The first-order chi connectivity index (χ1) is 22.6. The lowest BCUT2D eigenvalue weighted by atomic mass is 9.97. The number of pyridine rings is 1. The molecule has 0 radical (unpaired) electrons. The zero-order valence-electron chi connectivity index (χ0n) is 26.6. The summed E-state index contributed by atoms with van der Waals surface area (Å²) < 4.78 is 44.0. The van der Waals surface area contributed by atoms with Crippen LogP contribution in [0.5, 0.6) is 0 Å². The van der Waals surface area contributed by atoms with Crippen LogP contribution >= 0.6 is 0 Å². The summed E-state index contributed by atoms with van der Waals surface area (Å²) in [6, 6.07) is 15.3. The van der Waals surface area contributed by atoms with Crippen LogP contribution in [0.15, 0.2) is 48.5 Å². The molecule has 2 N–H and O–H groups in total. The van der Waals surface area contributed by atoms with E-state index in [1.165, 1.54) is 17.1 Å². The Bertz CT molecular complexity index is 2190. The quantitative estimate of drug-likeness (QED) is 0.256. The van der Waals surface area contributed by atoms with Gasteiger partial charge in [-0.05, 0) is 92.1 Å². The Morgan fingerprint density at radius 1 is 1.04 bits per heavy atom. The van der Waals surface area contributed by atoms with E-state index in [2.05, 4.69) is 27.3 Å². The third-order valence-electron chi connectivity index (χ3n) is 9.91. The number of amides is 1. The zero-order valence-corrected chi connectivity index (χ0v) is 27.4. The zero-order chi connectivity index (χ0) is 32.6. The fraction of sp³-hybridized carbons (Fsp3) is 0.400. The molecule has 1 amide bonds. The van der Waals surface area contributed by atoms with Gasteiger partial charge in [-0.1, -0.05) is 6.07 Å². The first-order valence-electron chi connectivity index (χ1n) is 16.3. The molecule has 1 saturated carbocycles. The van der Waals surface area contributed by atoms with Gasteiger partial charge >= 0.3 is 0 Å². The van der Waals surface area contributed by atoms with E-state index < -0.39 is 22.7 Å². The van der Waals surface area contributed by atoms with E-state index in [-0.39, 0.29) is 18.2 Å². The molecule has 3 aromatic heterocycles. The van der Waals surface area contributed by atoms with Crippen molar-refractivity contribution in [3.05, 3.63) is 65.2 Å². The first kappa shape index (κ1) is 30.1. The SMILES string of the molecule is Cc1cc(N2CCCS2(=O)=O)ccc1-c1ccc2cc(-c3nc4cc5c(cc4n3C)CCN(C[C@H](N)CF)C5=O)n(CC3CC3)c2n1. The summed E-state index contributed by atoms with van der Waals surface area (Å²) in [5, 5.41) is 1.02. The van der Waals surface area contributed by atoms with E-state index in [4.69, 9.17) is 15.7 Å². The average Bonchev–Trinajstić information content (AvgIpc) is 3.60. The lowest BCUT2D eigenvalue weighted by molar-refractivity contribution is 0.0725. The molecule has 2 aromatic carbocycles. The number of halogens is 1. The molecule has 2 aliphatic heterocycles. The number of sulfonamides is 1. The van der Waals surface area contributed by atoms with Crippen molar-refractivity contribution < 1.29 is 17.6 Å². The molecule has 0 unspecified atom stereocenters. The van der Waals surface area contributed by atoms with Crippen molar-refractivity contribution in [2.24, 2.45) is 18.7 Å². The van der Waals surface area contributed by atoms with Gasteiger partial charge in [-0.15, -0.1) is 0 Å². The summed E-state index contributed by atoms with van der Waals surface area (Å²) in [6.45, 7) is 3.39. The van der Waals surface area contributed by atoms with Crippen molar-refractivity contribution in [2.75, 3.05) is 36.4 Å². The number of hydrogen-bond acceptors (Lipinski definition) is 6. The number of carbonyl (C=O) groups excluding carboxylic acids is 1. The molecular weight excluding hydrogens is 617 g/mol. The normalized spacial score (nSPS) is 18.4. The number of hydrogen-bond donors (Lipinski definition) is 1. The van der Waals surface area contributed by atoms with Crippen LogP contribution < -0.4 is 10.0 Å². The molecule has 0 bridgehead atoms. The van der Waals surface area contributed by atoms with Gasteiger partial charge < -0.3 is 19.8 Å². The minimum atomic E-state index is -3.26. The van der Waals surface area contributed by atoms with Crippen LogP contribution in [0.3, 0.4) is 0 Å². The van der Waals surface area contributed by atoms with Crippen LogP contribution in [0, 0.1) is 12.8 Å². The van der Waals surface area contributed by atoms with Crippen molar-refractivity contribution in [2.45, 2.75) is 45.2 Å². The number of alkyl halides is 1. The number of nitrogens with two attached hydrogens (primary N) is 1. The Labute approximate surface area is 273 Å². The Hall–Kier alpha value is -4.29. The molecule has 47 heavy (non-hydrogen) atoms. The van der Waals surface area contributed by atoms with Crippen molar-refractivity contribution in [3.8, 4) is 22.8 Å². The van der Waals surface area contributed by atoms with Gasteiger partial charge in [0.05, 0.1) is 39.9 Å². The topological polar surface area (TPSA) is 119 Å². The highest BCUT2D eigenvalue weighted by atomic mass is 32.2. The second-order valence-electron chi connectivity index (χ2n) is 13.3. The largest absolute Gasteiger partial charge is 0.337 e. The van der Waals surface area contributed by atoms with Crippen LogP contribution in [-0.4, -0.2) is 76.4 Å². The number of aryl methyl sites for hydroxylation is 2. The van der Waals surface area contributed by atoms with Crippen LogP contribution in [-0.2, 0) is 30.0 Å². The van der Waals surface area contributed by atoms with Gasteiger partial charge in [-0.2, -0.15) is 0 Å². The molecule has 3 aliphatic rings. The van der Waals surface area contributed by atoms with Gasteiger partial charge in [0, 0.05) is 49.7 Å². The predicted octanol–water partition coefficient (Wildman–Crippen LogP) is 4.81. The second-order valence-corrected chi connectivity index (χ2v) is 15.4.